The number of carbonyl (C=O) groups is 1. The van der Waals surface area contributed by atoms with Crippen LogP contribution in [0.1, 0.15) is 11.3 Å². The summed E-state index contributed by atoms with van der Waals surface area (Å²) in [4.78, 5) is 28.5. The molecule has 0 aliphatic rings. The maximum atomic E-state index is 11.8. The number of carbonyl (C=O) groups excluding carboxylic acids is 1. The Morgan fingerprint density at radius 2 is 2.09 bits per heavy atom. The standard InChI is InChI=1S/C15H11ClN2O3S/c16-11-3-1-10(2-4-11)7-14(20)21-9-12-8-13(19)18-5-6-22-15(18)17-12/h1-6,8H,7,9H2. The predicted molar refractivity (Wildman–Crippen MR) is 84.3 cm³/mol. The normalized spacial score (nSPS) is 10.8. The van der Waals surface area contributed by atoms with E-state index in [1.165, 1.54) is 21.8 Å². The number of thiazole rings is 1. The van der Waals surface area contributed by atoms with Gasteiger partial charge in [-0.1, -0.05) is 23.7 Å². The van der Waals surface area contributed by atoms with Crippen molar-refractivity contribution < 1.29 is 9.53 Å². The van der Waals surface area contributed by atoms with Crippen LogP contribution in [0, 0.1) is 0 Å². The van der Waals surface area contributed by atoms with Gasteiger partial charge in [0.2, 0.25) is 0 Å². The Bertz CT molecular complexity index is 870. The predicted octanol–water partition coefficient (Wildman–Crippen LogP) is 2.70. The number of hydrogen-bond donors (Lipinski definition) is 0. The Morgan fingerprint density at radius 3 is 2.86 bits per heavy atom. The van der Waals surface area contributed by atoms with Crippen LogP contribution in [0.3, 0.4) is 0 Å². The maximum absolute atomic E-state index is 11.8. The molecule has 112 valence electrons. The van der Waals surface area contributed by atoms with Gasteiger partial charge in [0, 0.05) is 22.7 Å². The Kier molecular flexibility index (Phi) is 4.22. The van der Waals surface area contributed by atoms with Gasteiger partial charge in [0.05, 0.1) is 12.1 Å². The number of esters is 1. The summed E-state index contributed by atoms with van der Waals surface area (Å²) in [6.45, 7) is -0.0178. The summed E-state index contributed by atoms with van der Waals surface area (Å²) in [7, 11) is 0. The van der Waals surface area contributed by atoms with Gasteiger partial charge in [-0.2, -0.15) is 0 Å². The van der Waals surface area contributed by atoms with E-state index in [-0.39, 0.29) is 24.6 Å². The molecule has 0 saturated heterocycles. The van der Waals surface area contributed by atoms with E-state index in [1.807, 2.05) is 0 Å². The van der Waals surface area contributed by atoms with Crippen LogP contribution in [0.5, 0.6) is 0 Å². The van der Waals surface area contributed by atoms with E-state index < -0.39 is 0 Å². The van der Waals surface area contributed by atoms with E-state index in [2.05, 4.69) is 4.98 Å². The van der Waals surface area contributed by atoms with Gasteiger partial charge in [-0.3, -0.25) is 14.0 Å². The van der Waals surface area contributed by atoms with Crippen molar-refractivity contribution in [3.63, 3.8) is 0 Å². The Hall–Kier alpha value is -2.18. The van der Waals surface area contributed by atoms with E-state index in [0.717, 1.165) is 5.56 Å². The first-order chi connectivity index (χ1) is 10.6. The SMILES string of the molecule is O=C(Cc1ccc(Cl)cc1)OCc1cc(=O)n2ccsc2n1. The lowest BCUT2D eigenvalue weighted by Gasteiger charge is -2.05. The zero-order valence-electron chi connectivity index (χ0n) is 11.4. The van der Waals surface area contributed by atoms with Crippen LogP contribution in [0.15, 0.2) is 46.7 Å². The number of nitrogens with zero attached hydrogens (tertiary/aromatic N) is 2. The van der Waals surface area contributed by atoms with Crippen LogP contribution >= 0.6 is 22.9 Å². The molecule has 3 rings (SSSR count). The molecule has 0 bridgehead atoms. The second-order valence-corrected chi connectivity index (χ2v) is 5.91. The van der Waals surface area contributed by atoms with Gasteiger partial charge in [0.25, 0.3) is 5.56 Å². The molecule has 2 aromatic heterocycles. The molecule has 0 unspecified atom stereocenters. The highest BCUT2D eigenvalue weighted by Crippen LogP contribution is 2.11. The molecule has 1 aromatic carbocycles. The number of ether oxygens (including phenoxy) is 1. The summed E-state index contributed by atoms with van der Waals surface area (Å²) in [5.74, 6) is -0.379. The summed E-state index contributed by atoms with van der Waals surface area (Å²) < 4.78 is 6.61. The summed E-state index contributed by atoms with van der Waals surface area (Å²) in [6.07, 6.45) is 1.81. The van der Waals surface area contributed by atoms with E-state index in [4.69, 9.17) is 16.3 Å². The van der Waals surface area contributed by atoms with Gasteiger partial charge in [0.1, 0.15) is 6.61 Å². The van der Waals surface area contributed by atoms with Crippen molar-refractivity contribution in [3.05, 3.63) is 68.5 Å². The van der Waals surface area contributed by atoms with Gasteiger partial charge in [0.15, 0.2) is 4.96 Å². The summed E-state index contributed by atoms with van der Waals surface area (Å²) in [5, 5.41) is 2.39. The lowest BCUT2D eigenvalue weighted by molar-refractivity contribution is -0.144. The Morgan fingerprint density at radius 1 is 1.32 bits per heavy atom. The summed E-state index contributed by atoms with van der Waals surface area (Å²) in [5.41, 5.74) is 1.07. The molecule has 0 aliphatic carbocycles. The van der Waals surface area contributed by atoms with Gasteiger partial charge >= 0.3 is 5.97 Å². The van der Waals surface area contributed by atoms with Crippen LogP contribution in [-0.4, -0.2) is 15.4 Å². The second kappa shape index (κ2) is 6.29. The van der Waals surface area contributed by atoms with Gasteiger partial charge < -0.3 is 4.74 Å². The molecule has 22 heavy (non-hydrogen) atoms. The van der Waals surface area contributed by atoms with E-state index in [1.54, 1.807) is 35.8 Å². The topological polar surface area (TPSA) is 60.7 Å². The molecule has 3 aromatic rings. The smallest absolute Gasteiger partial charge is 0.310 e. The molecule has 0 amide bonds. The second-order valence-electron chi connectivity index (χ2n) is 4.61. The van der Waals surface area contributed by atoms with E-state index in [9.17, 15) is 9.59 Å². The fourth-order valence-corrected chi connectivity index (χ4v) is 2.80. The number of aromatic nitrogens is 2. The minimum absolute atomic E-state index is 0.0178. The minimum Gasteiger partial charge on any atom is -0.459 e. The van der Waals surface area contributed by atoms with Gasteiger partial charge in [-0.05, 0) is 17.7 Å². The highest BCUT2D eigenvalue weighted by atomic mass is 35.5. The molecule has 2 heterocycles. The minimum atomic E-state index is -0.379. The molecule has 0 radical (unpaired) electrons. The fourth-order valence-electron chi connectivity index (χ4n) is 1.94. The first kappa shape index (κ1) is 14.7. The summed E-state index contributed by atoms with van der Waals surface area (Å²) in [6, 6.07) is 8.35. The molecular weight excluding hydrogens is 324 g/mol. The Labute approximate surface area is 134 Å². The molecule has 0 saturated carbocycles. The van der Waals surface area contributed by atoms with Crippen LogP contribution in [0.2, 0.25) is 5.02 Å². The van der Waals surface area contributed by atoms with Crippen molar-refractivity contribution in [3.8, 4) is 0 Å². The van der Waals surface area contributed by atoms with E-state index >= 15 is 0 Å². The molecule has 7 heteroatoms. The quantitative estimate of drug-likeness (QED) is 0.688. The van der Waals surface area contributed by atoms with Gasteiger partial charge in [-0.25, -0.2) is 4.98 Å². The highest BCUT2D eigenvalue weighted by molar-refractivity contribution is 7.15. The van der Waals surface area contributed by atoms with Crippen LogP contribution in [0.25, 0.3) is 4.96 Å². The molecule has 0 atom stereocenters. The van der Waals surface area contributed by atoms with Crippen LogP contribution < -0.4 is 5.56 Å². The molecule has 0 aliphatic heterocycles. The maximum Gasteiger partial charge on any atom is 0.310 e. The monoisotopic (exact) mass is 334 g/mol. The first-order valence-electron chi connectivity index (χ1n) is 6.48. The number of benzene rings is 1. The van der Waals surface area contributed by atoms with Gasteiger partial charge in [-0.15, -0.1) is 11.3 Å². The first-order valence-corrected chi connectivity index (χ1v) is 7.73. The number of rotatable bonds is 4. The number of halogens is 1. The molecule has 0 spiro atoms. The van der Waals surface area contributed by atoms with Crippen molar-refractivity contribution in [2.75, 3.05) is 0 Å². The van der Waals surface area contributed by atoms with Crippen molar-refractivity contribution in [2.45, 2.75) is 13.0 Å². The Balaban J connectivity index is 1.64. The van der Waals surface area contributed by atoms with Crippen molar-refractivity contribution >= 4 is 33.9 Å². The zero-order chi connectivity index (χ0) is 15.5. The third-order valence-corrected chi connectivity index (χ3v) is 4.01. The van der Waals surface area contributed by atoms with Crippen LogP contribution in [-0.2, 0) is 22.6 Å². The lowest BCUT2D eigenvalue weighted by Crippen LogP contribution is -2.15. The van der Waals surface area contributed by atoms with Crippen LogP contribution in [0.4, 0.5) is 0 Å². The van der Waals surface area contributed by atoms with E-state index in [0.29, 0.717) is 15.7 Å². The fraction of sp³-hybridized carbons (Fsp3) is 0.133. The molecule has 0 N–H and O–H groups in total. The lowest BCUT2D eigenvalue weighted by atomic mass is 10.1. The number of hydrogen-bond acceptors (Lipinski definition) is 5. The van der Waals surface area contributed by atoms with Crippen molar-refractivity contribution in [1.82, 2.24) is 9.38 Å². The zero-order valence-corrected chi connectivity index (χ0v) is 12.9. The third-order valence-electron chi connectivity index (χ3n) is 3.00. The summed E-state index contributed by atoms with van der Waals surface area (Å²) >= 11 is 7.14. The largest absolute Gasteiger partial charge is 0.459 e. The third kappa shape index (κ3) is 3.35. The number of fused-ring (bicyclic) bond motifs is 1. The van der Waals surface area contributed by atoms with Crippen molar-refractivity contribution in [1.29, 1.82) is 0 Å². The highest BCUT2D eigenvalue weighted by Gasteiger charge is 2.08. The van der Waals surface area contributed by atoms with Crippen molar-refractivity contribution in [2.24, 2.45) is 0 Å². The molecule has 5 nitrogen and oxygen atoms in total. The average molecular weight is 335 g/mol. The average Bonchev–Trinajstić information content (AvgIpc) is 2.97. The molecule has 0 fully saturated rings. The molecular formula is C15H11ClN2O3S.